The van der Waals surface area contributed by atoms with Crippen molar-refractivity contribution in [3.8, 4) is 0 Å². The van der Waals surface area contributed by atoms with Gasteiger partial charge in [-0.1, -0.05) is 18.2 Å². The Bertz CT molecular complexity index is 885. The van der Waals surface area contributed by atoms with Crippen molar-refractivity contribution < 1.29 is 8.42 Å². The highest BCUT2D eigenvalue weighted by Crippen LogP contribution is 2.18. The molecule has 0 aliphatic carbocycles. The molecule has 0 atom stereocenters. The molecule has 0 unspecified atom stereocenters. The minimum atomic E-state index is -3.71. The van der Waals surface area contributed by atoms with E-state index in [4.69, 9.17) is 0 Å². The zero-order valence-corrected chi connectivity index (χ0v) is 11.8. The van der Waals surface area contributed by atoms with Crippen LogP contribution in [0.15, 0.2) is 46.5 Å². The van der Waals surface area contributed by atoms with Gasteiger partial charge in [0.2, 0.25) is 9.84 Å². The van der Waals surface area contributed by atoms with Crippen molar-refractivity contribution in [2.75, 3.05) is 0 Å². The Labute approximate surface area is 116 Å². The lowest BCUT2D eigenvalue weighted by molar-refractivity contribution is 0.586. The van der Waals surface area contributed by atoms with Gasteiger partial charge in [-0.25, -0.2) is 17.9 Å². The van der Waals surface area contributed by atoms with Crippen LogP contribution in [-0.4, -0.2) is 28.0 Å². The number of benzene rings is 1. The molecule has 0 saturated carbocycles. The van der Waals surface area contributed by atoms with Crippen molar-refractivity contribution in [2.45, 2.75) is 23.9 Å². The summed E-state index contributed by atoms with van der Waals surface area (Å²) < 4.78 is 26.3. The highest BCUT2D eigenvalue weighted by Gasteiger charge is 2.23. The van der Waals surface area contributed by atoms with Gasteiger partial charge in [0.15, 0.2) is 0 Å². The summed E-state index contributed by atoms with van der Waals surface area (Å²) in [5.41, 5.74) is 1.56. The topological polar surface area (TPSA) is 77.2 Å². The van der Waals surface area contributed by atoms with Gasteiger partial charge < -0.3 is 0 Å². The average molecular weight is 288 g/mol. The fraction of sp³-hybridized carbons (Fsp3) is 0.154. The van der Waals surface area contributed by atoms with Crippen molar-refractivity contribution in [2.24, 2.45) is 0 Å². The van der Waals surface area contributed by atoms with Crippen molar-refractivity contribution in [1.29, 1.82) is 0 Å². The Morgan fingerprint density at radius 3 is 2.45 bits per heavy atom. The normalized spacial score (nSPS) is 11.9. The summed E-state index contributed by atoms with van der Waals surface area (Å²) in [5.74, 6) is 0.289. The predicted molar refractivity (Wildman–Crippen MR) is 72.1 cm³/mol. The third-order valence-electron chi connectivity index (χ3n) is 2.89. The molecule has 3 rings (SSSR count). The van der Waals surface area contributed by atoms with E-state index in [9.17, 15) is 8.42 Å². The van der Waals surface area contributed by atoms with E-state index in [0.717, 1.165) is 11.4 Å². The summed E-state index contributed by atoms with van der Waals surface area (Å²) in [4.78, 5) is 8.40. The third-order valence-corrected chi connectivity index (χ3v) is 4.44. The molecule has 3 aromatic rings. The van der Waals surface area contributed by atoms with Crippen LogP contribution in [0.1, 0.15) is 11.4 Å². The summed E-state index contributed by atoms with van der Waals surface area (Å²) in [5, 5.41) is 3.82. The number of aromatic nitrogens is 4. The minimum absolute atomic E-state index is 0.172. The van der Waals surface area contributed by atoms with Crippen LogP contribution in [0.4, 0.5) is 0 Å². The van der Waals surface area contributed by atoms with Gasteiger partial charge in [-0.2, -0.15) is 4.98 Å². The molecule has 20 heavy (non-hydrogen) atoms. The summed E-state index contributed by atoms with van der Waals surface area (Å²) >= 11 is 0. The predicted octanol–water partition coefficient (Wildman–Crippen LogP) is 1.57. The number of sulfone groups is 1. The lowest BCUT2D eigenvalue weighted by Crippen LogP contribution is -2.04. The third kappa shape index (κ3) is 1.96. The molecule has 0 bridgehead atoms. The highest BCUT2D eigenvalue weighted by atomic mass is 32.2. The fourth-order valence-corrected chi connectivity index (χ4v) is 3.08. The van der Waals surface area contributed by atoms with Gasteiger partial charge in [0.25, 0.3) is 10.9 Å². The first-order valence-corrected chi connectivity index (χ1v) is 7.48. The van der Waals surface area contributed by atoms with Gasteiger partial charge in [-0.3, -0.25) is 0 Å². The van der Waals surface area contributed by atoms with Crippen molar-refractivity contribution in [3.63, 3.8) is 0 Å². The van der Waals surface area contributed by atoms with Crippen LogP contribution in [-0.2, 0) is 9.84 Å². The van der Waals surface area contributed by atoms with Gasteiger partial charge >= 0.3 is 0 Å². The largest absolute Gasteiger partial charge is 0.273 e. The first-order chi connectivity index (χ1) is 9.48. The zero-order chi connectivity index (χ0) is 14.3. The molecule has 7 heteroatoms. The quantitative estimate of drug-likeness (QED) is 0.715. The molecule has 0 aliphatic heterocycles. The molecular formula is C13H12N4O2S. The van der Waals surface area contributed by atoms with Gasteiger partial charge in [0.1, 0.15) is 0 Å². The first kappa shape index (κ1) is 12.7. The number of nitrogens with zero attached hydrogens (tertiary/aromatic N) is 4. The minimum Gasteiger partial charge on any atom is -0.216 e. The Morgan fingerprint density at radius 2 is 1.75 bits per heavy atom. The molecule has 2 aromatic heterocycles. The van der Waals surface area contributed by atoms with E-state index in [1.807, 2.05) is 19.9 Å². The van der Waals surface area contributed by atoms with E-state index in [1.165, 1.54) is 16.6 Å². The Morgan fingerprint density at radius 1 is 1.05 bits per heavy atom. The molecule has 0 N–H and O–H groups in total. The molecule has 2 heterocycles. The highest BCUT2D eigenvalue weighted by molar-refractivity contribution is 7.91. The molecule has 0 spiro atoms. The number of hydrogen-bond donors (Lipinski definition) is 0. The van der Waals surface area contributed by atoms with Crippen LogP contribution < -0.4 is 0 Å². The zero-order valence-electron chi connectivity index (χ0n) is 11.0. The lowest BCUT2D eigenvalue weighted by atomic mass is 10.4. The summed E-state index contributed by atoms with van der Waals surface area (Å²) in [7, 11) is -3.71. The van der Waals surface area contributed by atoms with Crippen molar-refractivity contribution >= 4 is 15.6 Å². The first-order valence-electron chi connectivity index (χ1n) is 5.99. The van der Waals surface area contributed by atoms with Gasteiger partial charge in [-0.05, 0) is 32.0 Å². The van der Waals surface area contributed by atoms with E-state index in [2.05, 4.69) is 15.1 Å². The smallest absolute Gasteiger partial charge is 0.216 e. The molecular weight excluding hydrogens is 276 g/mol. The molecule has 0 saturated heterocycles. The maximum Gasteiger partial charge on any atom is 0.273 e. The molecule has 0 aliphatic rings. The van der Waals surface area contributed by atoms with Gasteiger partial charge in [0.05, 0.1) is 4.90 Å². The average Bonchev–Trinajstić information content (AvgIpc) is 2.84. The van der Waals surface area contributed by atoms with Crippen LogP contribution in [0.25, 0.3) is 5.78 Å². The molecule has 1 aromatic carbocycles. The monoisotopic (exact) mass is 288 g/mol. The second kappa shape index (κ2) is 4.38. The standard InChI is InChI=1S/C13H12N4O2S/c1-9-8-10(2)17-12(14-9)15-13(16-17)20(18,19)11-6-4-3-5-7-11/h3-8H,1-2H3. The van der Waals surface area contributed by atoms with Crippen molar-refractivity contribution in [1.82, 2.24) is 19.6 Å². The Balaban J connectivity index is 2.23. The number of fused-ring (bicyclic) bond motifs is 1. The SMILES string of the molecule is Cc1cc(C)n2nc(S(=O)(=O)c3ccccc3)nc2n1. The molecule has 0 radical (unpaired) electrons. The fourth-order valence-electron chi connectivity index (χ4n) is 1.97. The number of aryl methyl sites for hydroxylation is 2. The number of hydrogen-bond acceptors (Lipinski definition) is 5. The van der Waals surface area contributed by atoms with Crippen LogP contribution in [0.5, 0.6) is 0 Å². The summed E-state index contributed by atoms with van der Waals surface area (Å²) in [6, 6.07) is 9.94. The van der Waals surface area contributed by atoms with Gasteiger partial charge in [-0.15, -0.1) is 5.10 Å². The van der Waals surface area contributed by atoms with E-state index >= 15 is 0 Å². The van der Waals surface area contributed by atoms with Crippen LogP contribution >= 0.6 is 0 Å². The summed E-state index contributed by atoms with van der Waals surface area (Å²) in [6.07, 6.45) is 0. The molecule has 0 amide bonds. The van der Waals surface area contributed by atoms with Crippen LogP contribution in [0, 0.1) is 13.8 Å². The van der Waals surface area contributed by atoms with Crippen molar-refractivity contribution in [3.05, 3.63) is 47.8 Å². The second-order valence-electron chi connectivity index (χ2n) is 4.46. The van der Waals surface area contributed by atoms with E-state index in [1.54, 1.807) is 18.2 Å². The molecule has 6 nitrogen and oxygen atoms in total. The molecule has 102 valence electrons. The van der Waals surface area contributed by atoms with E-state index in [0.29, 0.717) is 0 Å². The van der Waals surface area contributed by atoms with E-state index < -0.39 is 9.84 Å². The van der Waals surface area contributed by atoms with E-state index in [-0.39, 0.29) is 15.8 Å². The van der Waals surface area contributed by atoms with Crippen LogP contribution in [0.2, 0.25) is 0 Å². The lowest BCUT2D eigenvalue weighted by Gasteiger charge is -1.98. The van der Waals surface area contributed by atoms with Crippen LogP contribution in [0.3, 0.4) is 0 Å². The molecule has 0 fully saturated rings. The second-order valence-corrected chi connectivity index (χ2v) is 6.31. The Kier molecular flexibility index (Phi) is 2.79. The maximum atomic E-state index is 12.4. The summed E-state index contributed by atoms with van der Waals surface area (Å²) in [6.45, 7) is 3.66. The number of rotatable bonds is 2. The maximum absolute atomic E-state index is 12.4. The Hall–Kier alpha value is -2.28. The van der Waals surface area contributed by atoms with Gasteiger partial charge in [0, 0.05) is 11.4 Å².